The van der Waals surface area contributed by atoms with Crippen molar-refractivity contribution in [2.75, 3.05) is 5.32 Å². The van der Waals surface area contributed by atoms with Gasteiger partial charge in [0.2, 0.25) is 0 Å². The summed E-state index contributed by atoms with van der Waals surface area (Å²) in [5, 5.41) is 2.74. The highest BCUT2D eigenvalue weighted by molar-refractivity contribution is 6.06. The number of carbonyl (C=O) groups excluding carboxylic acids is 1. The van der Waals surface area contributed by atoms with E-state index in [4.69, 9.17) is 0 Å². The van der Waals surface area contributed by atoms with Crippen LogP contribution in [0, 0.1) is 13.8 Å². The number of ether oxygens (including phenoxy) is 1. The fourth-order valence-corrected chi connectivity index (χ4v) is 2.05. The lowest BCUT2D eigenvalue weighted by atomic mass is 10.1. The van der Waals surface area contributed by atoms with Crippen molar-refractivity contribution < 1.29 is 18.3 Å². The van der Waals surface area contributed by atoms with Crippen LogP contribution in [0.2, 0.25) is 0 Å². The molecule has 0 radical (unpaired) electrons. The number of amides is 1. The minimum atomic E-state index is -2.97. The van der Waals surface area contributed by atoms with Crippen LogP contribution in [0.25, 0.3) is 0 Å². The summed E-state index contributed by atoms with van der Waals surface area (Å²) in [4.78, 5) is 12.3. The van der Waals surface area contributed by atoms with Crippen LogP contribution >= 0.6 is 0 Å². The van der Waals surface area contributed by atoms with Crippen LogP contribution in [0.1, 0.15) is 21.5 Å². The summed E-state index contributed by atoms with van der Waals surface area (Å²) < 4.78 is 29.1. The zero-order valence-electron chi connectivity index (χ0n) is 11.7. The van der Waals surface area contributed by atoms with E-state index in [1.54, 1.807) is 6.07 Å². The number of anilines is 1. The average Bonchev–Trinajstić information content (AvgIpc) is 2.43. The third-order valence-electron chi connectivity index (χ3n) is 3.07. The molecule has 0 aliphatic rings. The smallest absolute Gasteiger partial charge is 0.387 e. The van der Waals surface area contributed by atoms with E-state index >= 15 is 0 Å². The van der Waals surface area contributed by atoms with E-state index < -0.39 is 12.5 Å². The molecule has 0 aliphatic carbocycles. The second-order valence-electron chi connectivity index (χ2n) is 4.60. The predicted molar refractivity (Wildman–Crippen MR) is 76.9 cm³/mol. The van der Waals surface area contributed by atoms with Crippen LogP contribution in [-0.4, -0.2) is 12.5 Å². The van der Waals surface area contributed by atoms with Crippen LogP contribution in [-0.2, 0) is 0 Å². The predicted octanol–water partition coefficient (Wildman–Crippen LogP) is 4.16. The van der Waals surface area contributed by atoms with Crippen LogP contribution < -0.4 is 10.1 Å². The zero-order chi connectivity index (χ0) is 15.4. The lowest BCUT2D eigenvalue weighted by Crippen LogP contribution is -2.16. The SMILES string of the molecule is Cc1cccc(C)c1NC(=O)c1ccccc1OC(F)F. The molecule has 0 unspecified atom stereocenters. The monoisotopic (exact) mass is 291 g/mol. The maximum absolute atomic E-state index is 12.4. The van der Waals surface area contributed by atoms with E-state index in [1.807, 2.05) is 32.0 Å². The van der Waals surface area contributed by atoms with Gasteiger partial charge in [-0.15, -0.1) is 0 Å². The number of hydrogen-bond donors (Lipinski definition) is 1. The van der Waals surface area contributed by atoms with Crippen molar-refractivity contribution in [3.63, 3.8) is 0 Å². The van der Waals surface area contributed by atoms with E-state index in [9.17, 15) is 13.6 Å². The third kappa shape index (κ3) is 3.56. The second-order valence-corrected chi connectivity index (χ2v) is 4.60. The molecule has 0 spiro atoms. The lowest BCUT2D eigenvalue weighted by molar-refractivity contribution is -0.0501. The van der Waals surface area contributed by atoms with Crippen molar-refractivity contribution in [3.8, 4) is 5.75 Å². The Bertz CT molecular complexity index is 636. The largest absolute Gasteiger partial charge is 0.434 e. The highest BCUT2D eigenvalue weighted by Gasteiger charge is 2.16. The van der Waals surface area contributed by atoms with Gasteiger partial charge < -0.3 is 10.1 Å². The van der Waals surface area contributed by atoms with Gasteiger partial charge in [-0.1, -0.05) is 30.3 Å². The van der Waals surface area contributed by atoms with Crippen molar-refractivity contribution in [2.24, 2.45) is 0 Å². The van der Waals surface area contributed by atoms with Gasteiger partial charge in [-0.2, -0.15) is 8.78 Å². The number of nitrogens with one attached hydrogen (secondary N) is 1. The van der Waals surface area contributed by atoms with Gasteiger partial charge in [-0.25, -0.2) is 0 Å². The summed E-state index contributed by atoms with van der Waals surface area (Å²) in [7, 11) is 0. The summed E-state index contributed by atoms with van der Waals surface area (Å²) in [5.74, 6) is -0.625. The molecule has 0 bridgehead atoms. The summed E-state index contributed by atoms with van der Waals surface area (Å²) in [6, 6.07) is 11.5. The van der Waals surface area contributed by atoms with Crippen LogP contribution in [0.5, 0.6) is 5.75 Å². The fourth-order valence-electron chi connectivity index (χ4n) is 2.05. The highest BCUT2D eigenvalue weighted by Crippen LogP contribution is 2.24. The first kappa shape index (κ1) is 15.0. The molecule has 0 atom stereocenters. The number of hydrogen-bond acceptors (Lipinski definition) is 2. The Kier molecular flexibility index (Phi) is 4.52. The van der Waals surface area contributed by atoms with Crippen LogP contribution in [0.4, 0.5) is 14.5 Å². The molecule has 2 aromatic carbocycles. The summed E-state index contributed by atoms with van der Waals surface area (Å²) in [6.07, 6.45) is 0. The number of rotatable bonds is 4. The quantitative estimate of drug-likeness (QED) is 0.918. The van der Waals surface area contributed by atoms with E-state index in [2.05, 4.69) is 10.1 Å². The lowest BCUT2D eigenvalue weighted by Gasteiger charge is -2.13. The zero-order valence-corrected chi connectivity index (χ0v) is 11.7. The molecule has 3 nitrogen and oxygen atoms in total. The van der Waals surface area contributed by atoms with Crippen molar-refractivity contribution in [2.45, 2.75) is 20.5 Å². The number of para-hydroxylation sites is 2. The number of alkyl halides is 2. The van der Waals surface area contributed by atoms with Gasteiger partial charge in [0.15, 0.2) is 0 Å². The molecule has 0 heterocycles. The molecule has 2 aromatic rings. The van der Waals surface area contributed by atoms with Gasteiger partial charge in [0.05, 0.1) is 5.56 Å². The van der Waals surface area contributed by atoms with E-state index in [0.29, 0.717) is 5.69 Å². The first-order valence-electron chi connectivity index (χ1n) is 6.40. The topological polar surface area (TPSA) is 38.3 Å². The Morgan fingerprint density at radius 1 is 1.05 bits per heavy atom. The molecular weight excluding hydrogens is 276 g/mol. The maximum atomic E-state index is 12.4. The minimum Gasteiger partial charge on any atom is -0.434 e. The van der Waals surface area contributed by atoms with Gasteiger partial charge in [0.1, 0.15) is 5.75 Å². The number of carbonyl (C=O) groups is 1. The maximum Gasteiger partial charge on any atom is 0.387 e. The Morgan fingerprint density at radius 3 is 2.29 bits per heavy atom. The molecular formula is C16H15F2NO2. The van der Waals surface area contributed by atoms with Gasteiger partial charge in [0.25, 0.3) is 5.91 Å². The molecule has 0 saturated heterocycles. The summed E-state index contributed by atoms with van der Waals surface area (Å²) in [6.45, 7) is 0.757. The summed E-state index contributed by atoms with van der Waals surface area (Å²) in [5.41, 5.74) is 2.54. The first-order valence-corrected chi connectivity index (χ1v) is 6.40. The molecule has 0 aromatic heterocycles. The van der Waals surface area contributed by atoms with Gasteiger partial charge >= 0.3 is 6.61 Å². The molecule has 5 heteroatoms. The molecule has 1 amide bonds. The standard InChI is InChI=1S/C16H15F2NO2/c1-10-6-5-7-11(2)14(10)19-15(20)12-8-3-4-9-13(12)21-16(17)18/h3-9,16H,1-2H3,(H,19,20). The number of aryl methyl sites for hydroxylation is 2. The van der Waals surface area contributed by atoms with Crippen LogP contribution in [0.15, 0.2) is 42.5 Å². The first-order chi connectivity index (χ1) is 9.99. The van der Waals surface area contributed by atoms with E-state index in [-0.39, 0.29) is 11.3 Å². The van der Waals surface area contributed by atoms with Gasteiger partial charge in [-0.3, -0.25) is 4.79 Å². The van der Waals surface area contributed by atoms with E-state index in [0.717, 1.165) is 11.1 Å². The number of halogens is 2. The average molecular weight is 291 g/mol. The van der Waals surface area contributed by atoms with E-state index in [1.165, 1.54) is 18.2 Å². The highest BCUT2D eigenvalue weighted by atomic mass is 19.3. The fraction of sp³-hybridized carbons (Fsp3) is 0.188. The Labute approximate surface area is 121 Å². The van der Waals surface area contributed by atoms with Gasteiger partial charge in [0, 0.05) is 5.69 Å². The number of benzene rings is 2. The van der Waals surface area contributed by atoms with Gasteiger partial charge in [-0.05, 0) is 37.1 Å². The van der Waals surface area contributed by atoms with Crippen molar-refractivity contribution in [1.29, 1.82) is 0 Å². The molecule has 2 rings (SSSR count). The Balaban J connectivity index is 2.29. The minimum absolute atomic E-state index is 0.0699. The second kappa shape index (κ2) is 6.35. The van der Waals surface area contributed by atoms with Crippen molar-refractivity contribution in [1.82, 2.24) is 0 Å². The molecule has 1 N–H and O–H groups in total. The molecule has 0 fully saturated rings. The molecule has 110 valence electrons. The van der Waals surface area contributed by atoms with Crippen LogP contribution in [0.3, 0.4) is 0 Å². The molecule has 0 aliphatic heterocycles. The van der Waals surface area contributed by atoms with Crippen molar-refractivity contribution in [3.05, 3.63) is 59.2 Å². The summed E-state index contributed by atoms with van der Waals surface area (Å²) >= 11 is 0. The molecule has 21 heavy (non-hydrogen) atoms. The Morgan fingerprint density at radius 2 is 1.67 bits per heavy atom. The normalized spacial score (nSPS) is 10.5. The Hall–Kier alpha value is -2.43. The van der Waals surface area contributed by atoms with Crippen molar-refractivity contribution >= 4 is 11.6 Å². The molecule has 0 saturated carbocycles. The third-order valence-corrected chi connectivity index (χ3v) is 3.07.